The van der Waals surface area contributed by atoms with Crippen molar-refractivity contribution in [2.24, 2.45) is 5.41 Å². The zero-order valence-corrected chi connectivity index (χ0v) is 11.9. The molecule has 102 valence electrons. The minimum Gasteiger partial charge on any atom is -0.394 e. The van der Waals surface area contributed by atoms with Crippen LogP contribution < -0.4 is 0 Å². The van der Waals surface area contributed by atoms with Crippen molar-refractivity contribution in [1.29, 1.82) is 0 Å². The highest BCUT2D eigenvalue weighted by atomic mass is 31.2. The van der Waals surface area contributed by atoms with Gasteiger partial charge in [0.2, 0.25) is 0 Å². The Balaban J connectivity index is 2.75. The lowest BCUT2D eigenvalue weighted by molar-refractivity contribution is 0.0573. The molecule has 5 heteroatoms. The third-order valence-electron chi connectivity index (χ3n) is 2.38. The highest BCUT2D eigenvalue weighted by Gasteiger charge is 2.30. The first kappa shape index (κ1) is 15.5. The van der Waals surface area contributed by atoms with Gasteiger partial charge in [-0.2, -0.15) is 0 Å². The summed E-state index contributed by atoms with van der Waals surface area (Å²) in [6.45, 7) is 6.07. The van der Waals surface area contributed by atoms with Gasteiger partial charge in [-0.3, -0.25) is 0 Å². The van der Waals surface area contributed by atoms with E-state index in [0.29, 0.717) is 0 Å². The topological polar surface area (TPSA) is 58.9 Å². The van der Waals surface area contributed by atoms with Gasteiger partial charge in [-0.05, 0) is 11.0 Å². The van der Waals surface area contributed by atoms with Crippen molar-refractivity contribution < 1.29 is 19.0 Å². The SMILES string of the molecule is CC(C)(C)C(OP(O)OCCO)c1ccccc1. The fraction of sp³-hybridized carbons (Fsp3) is 0.538. The molecule has 0 saturated heterocycles. The van der Waals surface area contributed by atoms with Gasteiger partial charge >= 0.3 is 8.60 Å². The summed E-state index contributed by atoms with van der Waals surface area (Å²) in [5.41, 5.74) is 0.840. The van der Waals surface area contributed by atoms with Gasteiger partial charge in [0.05, 0.1) is 19.3 Å². The second kappa shape index (κ2) is 7.17. The Bertz CT molecular complexity index is 337. The average Bonchev–Trinajstić information content (AvgIpc) is 2.33. The lowest BCUT2D eigenvalue weighted by Gasteiger charge is -2.31. The number of hydrogen-bond acceptors (Lipinski definition) is 4. The fourth-order valence-corrected chi connectivity index (χ4v) is 2.50. The van der Waals surface area contributed by atoms with Crippen LogP contribution in [0, 0.1) is 5.41 Å². The van der Waals surface area contributed by atoms with Crippen LogP contribution in [0.1, 0.15) is 32.4 Å². The van der Waals surface area contributed by atoms with Crippen LogP contribution in [0.2, 0.25) is 0 Å². The van der Waals surface area contributed by atoms with E-state index in [1.165, 1.54) is 0 Å². The minimum atomic E-state index is -1.97. The molecule has 0 fully saturated rings. The summed E-state index contributed by atoms with van der Waals surface area (Å²) in [5.74, 6) is 0. The van der Waals surface area contributed by atoms with Gasteiger partial charge < -0.3 is 19.0 Å². The Kier molecular flexibility index (Phi) is 6.19. The molecule has 2 atom stereocenters. The molecule has 0 spiro atoms. The summed E-state index contributed by atoms with van der Waals surface area (Å²) >= 11 is 0. The summed E-state index contributed by atoms with van der Waals surface area (Å²) < 4.78 is 10.6. The molecule has 1 aromatic carbocycles. The van der Waals surface area contributed by atoms with E-state index in [0.717, 1.165) is 5.56 Å². The quantitative estimate of drug-likeness (QED) is 0.781. The smallest absolute Gasteiger partial charge is 0.330 e. The van der Waals surface area contributed by atoms with Gasteiger partial charge in [0.15, 0.2) is 0 Å². The van der Waals surface area contributed by atoms with E-state index in [1.807, 2.05) is 51.1 Å². The number of hydrogen-bond donors (Lipinski definition) is 2. The van der Waals surface area contributed by atoms with Crippen molar-refractivity contribution in [1.82, 2.24) is 0 Å². The first-order valence-corrected chi connectivity index (χ1v) is 7.02. The van der Waals surface area contributed by atoms with Gasteiger partial charge in [0, 0.05) is 0 Å². The van der Waals surface area contributed by atoms with Crippen molar-refractivity contribution in [3.05, 3.63) is 35.9 Å². The monoisotopic (exact) mass is 272 g/mol. The molecule has 1 aromatic rings. The van der Waals surface area contributed by atoms with Gasteiger partial charge in [0.1, 0.15) is 0 Å². The summed E-state index contributed by atoms with van der Waals surface area (Å²) in [6, 6.07) is 9.74. The van der Waals surface area contributed by atoms with Crippen LogP contribution in [0.3, 0.4) is 0 Å². The number of rotatable bonds is 6. The molecule has 0 saturated carbocycles. The van der Waals surface area contributed by atoms with Gasteiger partial charge in [-0.25, -0.2) is 0 Å². The van der Waals surface area contributed by atoms with Crippen molar-refractivity contribution in [3.8, 4) is 0 Å². The fourth-order valence-electron chi connectivity index (χ4n) is 1.59. The van der Waals surface area contributed by atoms with Crippen LogP contribution in [0.4, 0.5) is 0 Å². The van der Waals surface area contributed by atoms with Crippen LogP contribution in [0.5, 0.6) is 0 Å². The molecule has 0 aliphatic carbocycles. The van der Waals surface area contributed by atoms with Crippen LogP contribution in [-0.4, -0.2) is 23.2 Å². The molecule has 0 radical (unpaired) electrons. The summed E-state index contributed by atoms with van der Waals surface area (Å²) in [5, 5.41) is 8.64. The molecular weight excluding hydrogens is 251 g/mol. The molecule has 0 bridgehead atoms. The maximum Gasteiger partial charge on any atom is 0.330 e. The number of aliphatic hydroxyl groups is 1. The standard InChI is InChI=1S/C13H21O4P/c1-13(2,3)12(11-7-5-4-6-8-11)17-18(15)16-10-9-14/h4-8,12,14-15H,9-10H2,1-3H3. The van der Waals surface area contributed by atoms with Crippen molar-refractivity contribution in [3.63, 3.8) is 0 Å². The predicted molar refractivity (Wildman–Crippen MR) is 71.9 cm³/mol. The van der Waals surface area contributed by atoms with Crippen LogP contribution in [-0.2, 0) is 9.05 Å². The van der Waals surface area contributed by atoms with E-state index in [9.17, 15) is 4.89 Å². The van der Waals surface area contributed by atoms with Crippen LogP contribution >= 0.6 is 8.60 Å². The van der Waals surface area contributed by atoms with Crippen molar-refractivity contribution in [2.45, 2.75) is 26.9 Å². The first-order valence-electron chi connectivity index (χ1n) is 5.89. The summed E-state index contributed by atoms with van der Waals surface area (Å²) in [4.78, 5) is 9.68. The van der Waals surface area contributed by atoms with Gasteiger partial charge in [-0.1, -0.05) is 51.1 Å². The normalized spacial score (nSPS) is 15.4. The third-order valence-corrected chi connectivity index (χ3v) is 3.17. The van der Waals surface area contributed by atoms with E-state index in [4.69, 9.17) is 14.2 Å². The maximum absolute atomic E-state index is 9.68. The van der Waals surface area contributed by atoms with Gasteiger partial charge in [0.25, 0.3) is 0 Å². The summed E-state index contributed by atoms with van der Waals surface area (Å²) in [7, 11) is -1.97. The highest BCUT2D eigenvalue weighted by Crippen LogP contribution is 2.46. The molecule has 0 aromatic heterocycles. The van der Waals surface area contributed by atoms with E-state index in [-0.39, 0.29) is 24.7 Å². The molecule has 1 rings (SSSR count). The Morgan fingerprint density at radius 3 is 2.33 bits per heavy atom. The molecular formula is C13H21O4P. The molecule has 2 unspecified atom stereocenters. The molecule has 0 amide bonds. The Labute approximate surface area is 110 Å². The summed E-state index contributed by atoms with van der Waals surface area (Å²) in [6.07, 6.45) is -0.256. The lowest BCUT2D eigenvalue weighted by Crippen LogP contribution is -2.20. The van der Waals surface area contributed by atoms with Crippen LogP contribution in [0.25, 0.3) is 0 Å². The van der Waals surface area contributed by atoms with E-state index >= 15 is 0 Å². The molecule has 18 heavy (non-hydrogen) atoms. The van der Waals surface area contributed by atoms with Gasteiger partial charge in [-0.15, -0.1) is 0 Å². The Morgan fingerprint density at radius 1 is 1.22 bits per heavy atom. The first-order chi connectivity index (χ1) is 8.45. The Hall–Kier alpha value is -0.510. The van der Waals surface area contributed by atoms with E-state index < -0.39 is 8.60 Å². The molecule has 0 heterocycles. The van der Waals surface area contributed by atoms with Crippen LogP contribution in [0.15, 0.2) is 30.3 Å². The predicted octanol–water partition coefficient (Wildman–Crippen LogP) is 3.02. The zero-order chi connectivity index (χ0) is 13.6. The maximum atomic E-state index is 9.68. The van der Waals surface area contributed by atoms with Crippen molar-refractivity contribution >= 4 is 8.60 Å². The van der Waals surface area contributed by atoms with Crippen molar-refractivity contribution in [2.75, 3.05) is 13.2 Å². The Morgan fingerprint density at radius 2 is 1.83 bits per heavy atom. The zero-order valence-electron chi connectivity index (χ0n) is 11.0. The third kappa shape index (κ3) is 5.01. The average molecular weight is 272 g/mol. The molecule has 0 aliphatic heterocycles. The second-order valence-corrected chi connectivity index (χ2v) is 6.00. The largest absolute Gasteiger partial charge is 0.394 e. The number of benzene rings is 1. The molecule has 0 aliphatic rings. The van der Waals surface area contributed by atoms with E-state index in [2.05, 4.69) is 0 Å². The highest BCUT2D eigenvalue weighted by molar-refractivity contribution is 7.40. The molecule has 2 N–H and O–H groups in total. The minimum absolute atomic E-state index is 0.0772. The van der Waals surface area contributed by atoms with E-state index in [1.54, 1.807) is 0 Å². The second-order valence-electron chi connectivity index (χ2n) is 5.06. The molecule has 4 nitrogen and oxygen atoms in total. The number of aliphatic hydroxyl groups excluding tert-OH is 1. The lowest BCUT2D eigenvalue weighted by atomic mass is 9.85.